The summed E-state index contributed by atoms with van der Waals surface area (Å²) in [4.78, 5) is 17.6. The van der Waals surface area contributed by atoms with E-state index in [1.165, 1.54) is 19.6 Å². The Hall–Kier alpha value is -3.67. The van der Waals surface area contributed by atoms with Crippen molar-refractivity contribution in [2.24, 2.45) is 16.8 Å². The van der Waals surface area contributed by atoms with E-state index in [1.807, 2.05) is 43.4 Å². The summed E-state index contributed by atoms with van der Waals surface area (Å²) in [5, 5.41) is 8.43. The van der Waals surface area contributed by atoms with Gasteiger partial charge in [0.1, 0.15) is 0 Å². The van der Waals surface area contributed by atoms with E-state index in [1.54, 1.807) is 12.3 Å². The number of carbonyl (C=O) groups excluding carboxylic acids is 1. The summed E-state index contributed by atoms with van der Waals surface area (Å²) in [6, 6.07) is 8.81. The maximum atomic E-state index is 14.8. The first-order chi connectivity index (χ1) is 18.4. The normalized spacial score (nSPS) is 18.9. The molecule has 1 saturated carbocycles. The lowest BCUT2D eigenvalue weighted by molar-refractivity contribution is 0.0998. The Balaban J connectivity index is 1.27. The number of allylic oxidation sites excluding steroid dienone is 5. The Labute approximate surface area is 222 Å². The molecule has 0 amide bonds. The van der Waals surface area contributed by atoms with Crippen LogP contribution in [0.4, 0.5) is 8.78 Å². The number of methoxy groups -OCH3 is 1. The topological polar surface area (TPSA) is 62.5 Å². The van der Waals surface area contributed by atoms with Crippen LogP contribution in [0.2, 0.25) is 0 Å². The third-order valence-electron chi connectivity index (χ3n) is 7.94. The van der Waals surface area contributed by atoms with Crippen LogP contribution in [0.5, 0.6) is 5.75 Å². The molecule has 0 radical (unpaired) electrons. The number of ether oxygens (including phenoxy) is 1. The maximum absolute atomic E-state index is 14.8. The molecule has 38 heavy (non-hydrogen) atoms. The number of carbonyl (C=O) groups is 1. The fourth-order valence-electron chi connectivity index (χ4n) is 5.85. The van der Waals surface area contributed by atoms with Crippen LogP contribution < -0.4 is 4.74 Å². The van der Waals surface area contributed by atoms with E-state index in [0.29, 0.717) is 23.3 Å². The minimum absolute atomic E-state index is 0.00345. The van der Waals surface area contributed by atoms with E-state index in [-0.39, 0.29) is 35.4 Å². The van der Waals surface area contributed by atoms with Gasteiger partial charge in [-0.25, -0.2) is 4.39 Å². The monoisotopic (exact) mass is 514 g/mol. The molecule has 2 aromatic rings. The van der Waals surface area contributed by atoms with Gasteiger partial charge in [0.25, 0.3) is 0 Å². The number of rotatable bonds is 8. The van der Waals surface area contributed by atoms with Crippen LogP contribution in [-0.4, -0.2) is 24.3 Å². The molecular formula is C32H32F2N2O2. The molecule has 2 aliphatic carbocycles. The van der Waals surface area contributed by atoms with Gasteiger partial charge in [0, 0.05) is 47.5 Å². The molecular weight excluding hydrogens is 482 g/mol. The summed E-state index contributed by atoms with van der Waals surface area (Å²) in [5.74, 6) is -2.00. The number of hydrogen-bond acceptors (Lipinski definition) is 4. The van der Waals surface area contributed by atoms with Crippen molar-refractivity contribution in [1.82, 2.24) is 0 Å². The Bertz CT molecular complexity index is 1410. The van der Waals surface area contributed by atoms with Crippen LogP contribution in [0, 0.1) is 35.8 Å². The number of nitrogens with zero attached hydrogens (tertiary/aromatic N) is 1. The maximum Gasteiger partial charge on any atom is 0.201 e. The molecule has 0 saturated heterocycles. The third kappa shape index (κ3) is 5.04. The average molecular weight is 515 g/mol. The van der Waals surface area contributed by atoms with Gasteiger partial charge in [0.2, 0.25) is 5.82 Å². The molecule has 1 aliphatic heterocycles. The molecule has 2 aromatic carbocycles. The highest BCUT2D eigenvalue weighted by Gasteiger charge is 2.30. The molecule has 1 fully saturated rings. The zero-order valence-corrected chi connectivity index (χ0v) is 21.8. The number of aryl methyl sites for hydroxylation is 1. The first-order valence-corrected chi connectivity index (χ1v) is 13.2. The van der Waals surface area contributed by atoms with Crippen molar-refractivity contribution in [2.75, 3.05) is 7.11 Å². The largest absolute Gasteiger partial charge is 0.494 e. The Morgan fingerprint density at radius 2 is 1.82 bits per heavy atom. The standard InChI is InChI=1S/C32H32F2N2O2/c1-19-16-20(8-9-22(19)29(37)18-27(35)21-6-4-3-5-7-21)17-28-25-11-10-23(24(25)14-15-36-28)26-12-13-30(38-2)32(34)31(26)33/h8-16,21,24,35H,3-7,17-18H2,1-2H3. The van der Waals surface area contributed by atoms with Gasteiger partial charge in [0.05, 0.1) is 7.11 Å². The second-order valence-corrected chi connectivity index (χ2v) is 10.4. The molecule has 4 nitrogen and oxygen atoms in total. The molecule has 0 aromatic heterocycles. The lowest BCUT2D eigenvalue weighted by Crippen LogP contribution is -2.20. The average Bonchev–Trinajstić information content (AvgIpc) is 3.35. The lowest BCUT2D eigenvalue weighted by Gasteiger charge is -2.22. The highest BCUT2D eigenvalue weighted by Crippen LogP contribution is 2.41. The SMILES string of the molecule is COc1ccc(C2=CC=C3C(Cc4ccc(C(=O)CC(=N)C5CCCCC5)c(C)c4)=NC=CC32)c(F)c1F. The molecule has 0 spiro atoms. The number of halogens is 2. The first-order valence-electron chi connectivity index (χ1n) is 13.2. The zero-order chi connectivity index (χ0) is 26.8. The van der Waals surface area contributed by atoms with E-state index in [9.17, 15) is 13.6 Å². The predicted octanol–water partition coefficient (Wildman–Crippen LogP) is 7.61. The van der Waals surface area contributed by atoms with Crippen molar-refractivity contribution in [3.8, 4) is 5.75 Å². The Kier molecular flexibility index (Phi) is 7.50. The van der Waals surface area contributed by atoms with E-state index in [2.05, 4.69) is 4.99 Å². The second kappa shape index (κ2) is 11.0. The number of benzene rings is 2. The predicted molar refractivity (Wildman–Crippen MR) is 147 cm³/mol. The highest BCUT2D eigenvalue weighted by molar-refractivity contribution is 6.10. The molecule has 6 heteroatoms. The van der Waals surface area contributed by atoms with Crippen molar-refractivity contribution in [3.05, 3.63) is 94.2 Å². The van der Waals surface area contributed by atoms with Gasteiger partial charge in [-0.05, 0) is 60.1 Å². The van der Waals surface area contributed by atoms with Crippen LogP contribution in [-0.2, 0) is 6.42 Å². The quantitative estimate of drug-likeness (QED) is 0.291. The third-order valence-corrected chi connectivity index (χ3v) is 7.94. The van der Waals surface area contributed by atoms with E-state index < -0.39 is 11.6 Å². The van der Waals surface area contributed by atoms with Gasteiger partial charge in [-0.15, -0.1) is 0 Å². The van der Waals surface area contributed by atoms with E-state index in [0.717, 1.165) is 48.1 Å². The molecule has 5 rings (SSSR count). The summed E-state index contributed by atoms with van der Waals surface area (Å²) in [6.07, 6.45) is 13.7. The molecule has 196 valence electrons. The van der Waals surface area contributed by atoms with Crippen molar-refractivity contribution >= 4 is 22.8 Å². The van der Waals surface area contributed by atoms with Crippen molar-refractivity contribution < 1.29 is 18.3 Å². The number of aliphatic imine (C=N–C) groups is 1. The summed E-state index contributed by atoms with van der Waals surface area (Å²) in [6.45, 7) is 1.93. The minimum Gasteiger partial charge on any atom is -0.494 e. The lowest BCUT2D eigenvalue weighted by atomic mass is 9.83. The minimum atomic E-state index is -0.993. The van der Waals surface area contributed by atoms with Gasteiger partial charge in [-0.3, -0.25) is 9.79 Å². The number of hydrogen-bond donors (Lipinski definition) is 1. The molecule has 1 heterocycles. The summed E-state index contributed by atoms with van der Waals surface area (Å²) in [5.41, 5.74) is 5.85. The first kappa shape index (κ1) is 26.0. The van der Waals surface area contributed by atoms with Gasteiger partial charge < -0.3 is 10.1 Å². The van der Waals surface area contributed by atoms with Gasteiger partial charge >= 0.3 is 0 Å². The summed E-state index contributed by atoms with van der Waals surface area (Å²) >= 11 is 0. The number of ketones is 1. The smallest absolute Gasteiger partial charge is 0.201 e. The van der Waals surface area contributed by atoms with Crippen molar-refractivity contribution in [3.63, 3.8) is 0 Å². The van der Waals surface area contributed by atoms with Crippen LogP contribution in [0.15, 0.2) is 65.3 Å². The molecule has 3 aliphatic rings. The second-order valence-electron chi connectivity index (χ2n) is 10.4. The number of Topliss-reactive ketones (excluding diaryl/α,β-unsaturated/α-hetero) is 1. The van der Waals surface area contributed by atoms with Crippen LogP contribution in [0.25, 0.3) is 5.57 Å². The van der Waals surface area contributed by atoms with Crippen molar-refractivity contribution in [2.45, 2.75) is 51.9 Å². The van der Waals surface area contributed by atoms with Crippen LogP contribution >= 0.6 is 0 Å². The fourth-order valence-corrected chi connectivity index (χ4v) is 5.85. The highest BCUT2D eigenvalue weighted by atomic mass is 19.2. The van der Waals surface area contributed by atoms with E-state index in [4.69, 9.17) is 10.1 Å². The number of nitrogens with one attached hydrogen (secondary N) is 1. The fraction of sp³-hybridized carbons (Fsp3) is 0.344. The van der Waals surface area contributed by atoms with Gasteiger partial charge in [0.15, 0.2) is 17.3 Å². The summed E-state index contributed by atoms with van der Waals surface area (Å²) in [7, 11) is 1.31. The van der Waals surface area contributed by atoms with Crippen molar-refractivity contribution in [1.29, 1.82) is 5.41 Å². The zero-order valence-electron chi connectivity index (χ0n) is 21.8. The van der Waals surface area contributed by atoms with E-state index >= 15 is 0 Å². The molecule has 1 atom stereocenters. The van der Waals surface area contributed by atoms with Crippen LogP contribution in [0.3, 0.4) is 0 Å². The Morgan fingerprint density at radius 3 is 2.55 bits per heavy atom. The molecule has 1 unspecified atom stereocenters. The van der Waals surface area contributed by atoms with Gasteiger partial charge in [-0.2, -0.15) is 4.39 Å². The summed E-state index contributed by atoms with van der Waals surface area (Å²) < 4.78 is 34.1. The molecule has 0 bridgehead atoms. The van der Waals surface area contributed by atoms with Crippen LogP contribution in [0.1, 0.15) is 65.6 Å². The molecule has 1 N–H and O–H groups in total. The van der Waals surface area contributed by atoms with Gasteiger partial charge in [-0.1, -0.05) is 55.7 Å². The number of fused-ring (bicyclic) bond motifs is 1. The Morgan fingerprint density at radius 1 is 1.05 bits per heavy atom.